The number of rotatable bonds is 3. The Hall–Kier alpha value is -0.730. The lowest BCUT2D eigenvalue weighted by atomic mass is 9.83. The van der Waals surface area contributed by atoms with Crippen LogP contribution in [0.1, 0.15) is 25.0 Å². The lowest BCUT2D eigenvalue weighted by Crippen LogP contribution is -2.23. The van der Waals surface area contributed by atoms with Gasteiger partial charge >= 0.3 is 0 Å². The van der Waals surface area contributed by atoms with Crippen molar-refractivity contribution in [1.82, 2.24) is 0 Å². The first-order valence-corrected chi connectivity index (χ1v) is 5.25. The lowest BCUT2D eigenvalue weighted by Gasteiger charge is -2.25. The Morgan fingerprint density at radius 2 is 2.00 bits per heavy atom. The standard InChI is InChI=1S/C12H17ClO2/c1-8-10(12(2,3)7-14)5-9(15-4)6-11(8)13/h5-6,14H,7H2,1-4H3. The van der Waals surface area contributed by atoms with Gasteiger partial charge in [-0.1, -0.05) is 25.4 Å². The van der Waals surface area contributed by atoms with E-state index < -0.39 is 0 Å². The Labute approximate surface area is 95.8 Å². The van der Waals surface area contributed by atoms with Crippen LogP contribution in [0.5, 0.6) is 5.75 Å². The van der Waals surface area contributed by atoms with Gasteiger partial charge in [0.25, 0.3) is 0 Å². The molecule has 0 fully saturated rings. The zero-order chi connectivity index (χ0) is 11.6. The van der Waals surface area contributed by atoms with E-state index in [2.05, 4.69) is 0 Å². The monoisotopic (exact) mass is 228 g/mol. The van der Waals surface area contributed by atoms with Crippen molar-refractivity contribution >= 4 is 11.6 Å². The van der Waals surface area contributed by atoms with Crippen LogP contribution in [-0.2, 0) is 5.41 Å². The molecular formula is C12H17ClO2. The fourth-order valence-corrected chi connectivity index (χ4v) is 1.77. The van der Waals surface area contributed by atoms with E-state index >= 15 is 0 Å². The number of hydrogen-bond donors (Lipinski definition) is 1. The van der Waals surface area contributed by atoms with E-state index in [9.17, 15) is 5.11 Å². The zero-order valence-corrected chi connectivity index (χ0v) is 10.4. The van der Waals surface area contributed by atoms with Crippen LogP contribution >= 0.6 is 11.6 Å². The van der Waals surface area contributed by atoms with Crippen LogP contribution in [0.15, 0.2) is 12.1 Å². The van der Waals surface area contributed by atoms with E-state index in [0.717, 1.165) is 16.9 Å². The highest BCUT2D eigenvalue weighted by molar-refractivity contribution is 6.31. The minimum absolute atomic E-state index is 0.0807. The molecule has 2 nitrogen and oxygen atoms in total. The average Bonchev–Trinajstić information content (AvgIpc) is 2.21. The van der Waals surface area contributed by atoms with Crippen molar-refractivity contribution < 1.29 is 9.84 Å². The molecule has 0 saturated carbocycles. The highest BCUT2D eigenvalue weighted by atomic mass is 35.5. The molecule has 0 heterocycles. The minimum Gasteiger partial charge on any atom is -0.497 e. The maximum atomic E-state index is 9.34. The van der Waals surface area contributed by atoms with E-state index in [1.165, 1.54) is 0 Å². The summed E-state index contributed by atoms with van der Waals surface area (Å²) < 4.78 is 5.16. The van der Waals surface area contributed by atoms with Crippen molar-refractivity contribution in [2.75, 3.05) is 13.7 Å². The Bertz CT molecular complexity index is 359. The summed E-state index contributed by atoms with van der Waals surface area (Å²) in [4.78, 5) is 0. The summed E-state index contributed by atoms with van der Waals surface area (Å²) in [6.07, 6.45) is 0. The van der Waals surface area contributed by atoms with Gasteiger partial charge in [-0.05, 0) is 30.2 Å². The van der Waals surface area contributed by atoms with Crippen molar-refractivity contribution in [3.05, 3.63) is 28.3 Å². The highest BCUT2D eigenvalue weighted by Gasteiger charge is 2.23. The summed E-state index contributed by atoms with van der Waals surface area (Å²) >= 11 is 6.10. The molecule has 1 aromatic rings. The second-order valence-electron chi connectivity index (χ2n) is 4.32. The topological polar surface area (TPSA) is 29.5 Å². The molecule has 0 atom stereocenters. The molecule has 84 valence electrons. The molecule has 0 bridgehead atoms. The van der Waals surface area contributed by atoms with Crippen LogP contribution in [0.3, 0.4) is 0 Å². The van der Waals surface area contributed by atoms with Crippen molar-refractivity contribution in [2.45, 2.75) is 26.2 Å². The number of methoxy groups -OCH3 is 1. The molecule has 15 heavy (non-hydrogen) atoms. The van der Waals surface area contributed by atoms with Crippen molar-refractivity contribution in [3.63, 3.8) is 0 Å². The number of aliphatic hydroxyl groups is 1. The molecule has 0 aliphatic rings. The van der Waals surface area contributed by atoms with Crippen LogP contribution < -0.4 is 4.74 Å². The lowest BCUT2D eigenvalue weighted by molar-refractivity contribution is 0.217. The van der Waals surface area contributed by atoms with Gasteiger partial charge < -0.3 is 9.84 Å². The van der Waals surface area contributed by atoms with Crippen molar-refractivity contribution in [3.8, 4) is 5.75 Å². The average molecular weight is 229 g/mol. The second-order valence-corrected chi connectivity index (χ2v) is 4.73. The normalized spacial score (nSPS) is 11.6. The Kier molecular flexibility index (Phi) is 3.63. The fourth-order valence-electron chi connectivity index (χ4n) is 1.56. The fraction of sp³-hybridized carbons (Fsp3) is 0.500. The Morgan fingerprint density at radius 1 is 1.40 bits per heavy atom. The summed E-state index contributed by atoms with van der Waals surface area (Å²) in [6, 6.07) is 3.71. The molecule has 0 radical (unpaired) electrons. The summed E-state index contributed by atoms with van der Waals surface area (Å²) in [5, 5.41) is 10.0. The van der Waals surface area contributed by atoms with E-state index in [4.69, 9.17) is 16.3 Å². The Morgan fingerprint density at radius 3 is 2.47 bits per heavy atom. The third-order valence-corrected chi connectivity index (χ3v) is 3.07. The van der Waals surface area contributed by atoms with Gasteiger partial charge in [0.15, 0.2) is 0 Å². The molecule has 0 unspecified atom stereocenters. The number of aliphatic hydroxyl groups excluding tert-OH is 1. The maximum absolute atomic E-state index is 9.34. The quantitative estimate of drug-likeness (QED) is 0.862. The van der Waals surface area contributed by atoms with Gasteiger partial charge in [0, 0.05) is 10.4 Å². The number of hydrogen-bond acceptors (Lipinski definition) is 2. The van der Waals surface area contributed by atoms with Crippen LogP contribution in [0, 0.1) is 6.92 Å². The molecule has 0 aliphatic heterocycles. The first-order chi connectivity index (χ1) is 6.92. The second kappa shape index (κ2) is 4.42. The first-order valence-electron chi connectivity index (χ1n) is 4.88. The highest BCUT2D eigenvalue weighted by Crippen LogP contribution is 2.33. The third-order valence-electron chi connectivity index (χ3n) is 2.68. The van der Waals surface area contributed by atoms with Gasteiger partial charge in [0.05, 0.1) is 13.7 Å². The zero-order valence-electron chi connectivity index (χ0n) is 9.60. The number of halogens is 1. The maximum Gasteiger partial charge on any atom is 0.120 e. The molecule has 0 saturated heterocycles. The predicted octanol–water partition coefficient (Wildman–Crippen LogP) is 2.93. The molecule has 1 rings (SSSR count). The number of benzene rings is 1. The van der Waals surface area contributed by atoms with Crippen LogP contribution in [0.4, 0.5) is 0 Å². The minimum atomic E-state index is -0.303. The van der Waals surface area contributed by atoms with E-state index in [1.807, 2.05) is 26.8 Å². The predicted molar refractivity (Wildman–Crippen MR) is 62.9 cm³/mol. The van der Waals surface area contributed by atoms with Crippen LogP contribution in [-0.4, -0.2) is 18.8 Å². The molecule has 0 spiro atoms. The van der Waals surface area contributed by atoms with Crippen molar-refractivity contribution in [2.24, 2.45) is 0 Å². The molecule has 3 heteroatoms. The molecule has 0 aliphatic carbocycles. The van der Waals surface area contributed by atoms with E-state index in [0.29, 0.717) is 5.02 Å². The molecule has 0 amide bonds. The summed E-state index contributed by atoms with van der Waals surface area (Å²) in [6.45, 7) is 5.99. The van der Waals surface area contributed by atoms with Gasteiger partial charge in [0.2, 0.25) is 0 Å². The van der Waals surface area contributed by atoms with E-state index in [-0.39, 0.29) is 12.0 Å². The SMILES string of the molecule is COc1cc(Cl)c(C)c(C(C)(C)CO)c1. The molecule has 1 N–H and O–H groups in total. The van der Waals surface area contributed by atoms with E-state index in [1.54, 1.807) is 13.2 Å². The van der Waals surface area contributed by atoms with Crippen LogP contribution in [0.25, 0.3) is 0 Å². The van der Waals surface area contributed by atoms with Gasteiger partial charge in [-0.3, -0.25) is 0 Å². The summed E-state index contributed by atoms with van der Waals surface area (Å²) in [5.74, 6) is 0.724. The molecule has 0 aromatic heterocycles. The van der Waals surface area contributed by atoms with Crippen molar-refractivity contribution in [1.29, 1.82) is 0 Å². The number of ether oxygens (including phenoxy) is 1. The summed E-state index contributed by atoms with van der Waals surface area (Å²) in [7, 11) is 1.61. The van der Waals surface area contributed by atoms with Crippen LogP contribution in [0.2, 0.25) is 5.02 Å². The first kappa shape index (κ1) is 12.3. The third kappa shape index (κ3) is 2.44. The Balaban J connectivity index is 3.34. The summed E-state index contributed by atoms with van der Waals surface area (Å²) in [5.41, 5.74) is 1.72. The van der Waals surface area contributed by atoms with Gasteiger partial charge in [0.1, 0.15) is 5.75 Å². The molecule has 1 aromatic carbocycles. The molecular weight excluding hydrogens is 212 g/mol. The van der Waals surface area contributed by atoms with Gasteiger partial charge in [-0.25, -0.2) is 0 Å². The smallest absolute Gasteiger partial charge is 0.120 e. The largest absolute Gasteiger partial charge is 0.497 e. The van der Waals surface area contributed by atoms with Gasteiger partial charge in [-0.2, -0.15) is 0 Å². The van der Waals surface area contributed by atoms with Gasteiger partial charge in [-0.15, -0.1) is 0 Å².